The molecule has 1 aliphatic heterocycles. The Morgan fingerprint density at radius 2 is 1.93 bits per heavy atom. The van der Waals surface area contributed by atoms with E-state index in [1.807, 2.05) is 56.0 Å². The molecule has 0 aromatic heterocycles. The van der Waals surface area contributed by atoms with Crippen molar-refractivity contribution >= 4 is 41.8 Å². The first-order valence-electron chi connectivity index (χ1n) is 9.63. The molecule has 2 amide bonds. The fraction of sp³-hybridized carbons (Fsp3) is 0.550. The van der Waals surface area contributed by atoms with Crippen LogP contribution in [0.4, 0.5) is 0 Å². The summed E-state index contributed by atoms with van der Waals surface area (Å²) in [5.74, 6) is 0.677. The van der Waals surface area contributed by atoms with Crippen LogP contribution in [0.5, 0.6) is 0 Å². The number of guanidine groups is 1. The number of hydrogen-bond acceptors (Lipinski definition) is 3. The third-order valence-corrected chi connectivity index (χ3v) is 4.39. The van der Waals surface area contributed by atoms with Crippen molar-refractivity contribution in [1.29, 1.82) is 0 Å². The standard InChI is InChI=1S/C20H31N5O2.HI/c1-4-21-20(24-17-10-11-25(14-17)19(27)15(2)3)23-13-18(26)22-12-16-8-6-5-7-9-16;/h5-9,15,17H,4,10-14H2,1-3H3,(H,22,26)(H2,21,23,24);1H. The second-order valence-electron chi connectivity index (χ2n) is 7.03. The largest absolute Gasteiger partial charge is 0.357 e. The first-order valence-corrected chi connectivity index (χ1v) is 9.63. The molecular formula is C20H32IN5O2. The number of rotatable bonds is 7. The molecule has 3 N–H and O–H groups in total. The van der Waals surface area contributed by atoms with Crippen molar-refractivity contribution in [3.8, 4) is 0 Å². The molecule has 1 aromatic carbocycles. The normalized spacial score (nSPS) is 16.5. The van der Waals surface area contributed by atoms with Crippen LogP contribution in [0.15, 0.2) is 35.3 Å². The van der Waals surface area contributed by atoms with Crippen molar-refractivity contribution in [3.63, 3.8) is 0 Å². The second-order valence-corrected chi connectivity index (χ2v) is 7.03. The molecule has 2 rings (SSSR count). The number of benzene rings is 1. The molecule has 7 nitrogen and oxygen atoms in total. The Hall–Kier alpha value is -1.84. The molecular weight excluding hydrogens is 469 g/mol. The van der Waals surface area contributed by atoms with Crippen LogP contribution >= 0.6 is 24.0 Å². The molecule has 1 unspecified atom stereocenters. The highest BCUT2D eigenvalue weighted by molar-refractivity contribution is 14.0. The topological polar surface area (TPSA) is 85.8 Å². The van der Waals surface area contributed by atoms with E-state index in [0.29, 0.717) is 25.6 Å². The maximum absolute atomic E-state index is 12.1. The fourth-order valence-electron chi connectivity index (χ4n) is 2.96. The molecule has 0 bridgehead atoms. The third-order valence-electron chi connectivity index (χ3n) is 4.39. The van der Waals surface area contributed by atoms with Crippen molar-refractivity contribution in [2.45, 2.75) is 39.8 Å². The zero-order valence-electron chi connectivity index (χ0n) is 16.9. The maximum Gasteiger partial charge on any atom is 0.242 e. The Bertz CT molecular complexity index is 651. The Kier molecular flexibility index (Phi) is 10.9. The lowest BCUT2D eigenvalue weighted by atomic mass is 10.2. The van der Waals surface area contributed by atoms with Gasteiger partial charge >= 0.3 is 0 Å². The minimum atomic E-state index is -0.126. The van der Waals surface area contributed by atoms with Crippen molar-refractivity contribution in [1.82, 2.24) is 20.9 Å². The van der Waals surface area contributed by atoms with Gasteiger partial charge in [0.05, 0.1) is 0 Å². The van der Waals surface area contributed by atoms with E-state index in [4.69, 9.17) is 0 Å². The van der Waals surface area contributed by atoms with Crippen molar-refractivity contribution in [2.75, 3.05) is 26.2 Å². The predicted octanol–water partition coefficient (Wildman–Crippen LogP) is 1.73. The van der Waals surface area contributed by atoms with E-state index >= 15 is 0 Å². The van der Waals surface area contributed by atoms with Gasteiger partial charge in [0.15, 0.2) is 5.96 Å². The van der Waals surface area contributed by atoms with Gasteiger partial charge in [-0.15, -0.1) is 24.0 Å². The summed E-state index contributed by atoms with van der Waals surface area (Å²) in [7, 11) is 0. The van der Waals surface area contributed by atoms with Gasteiger partial charge in [-0.2, -0.15) is 0 Å². The molecule has 1 atom stereocenters. The number of nitrogens with one attached hydrogen (secondary N) is 3. The maximum atomic E-state index is 12.1. The van der Waals surface area contributed by atoms with Gasteiger partial charge in [-0.3, -0.25) is 9.59 Å². The average Bonchev–Trinajstić information content (AvgIpc) is 3.13. The summed E-state index contributed by atoms with van der Waals surface area (Å²) in [6.45, 7) is 8.50. The molecule has 1 aromatic rings. The Morgan fingerprint density at radius 3 is 2.57 bits per heavy atom. The molecule has 156 valence electrons. The van der Waals surface area contributed by atoms with Crippen LogP contribution in [0, 0.1) is 5.92 Å². The van der Waals surface area contributed by atoms with Crippen molar-refractivity contribution in [2.24, 2.45) is 10.9 Å². The number of amides is 2. The molecule has 1 heterocycles. The van der Waals surface area contributed by atoms with E-state index in [0.717, 1.165) is 18.5 Å². The Labute approximate surface area is 184 Å². The lowest BCUT2D eigenvalue weighted by Gasteiger charge is -2.20. The highest BCUT2D eigenvalue weighted by Gasteiger charge is 2.27. The van der Waals surface area contributed by atoms with Gasteiger partial charge in [0.25, 0.3) is 0 Å². The molecule has 28 heavy (non-hydrogen) atoms. The summed E-state index contributed by atoms with van der Waals surface area (Å²) in [5.41, 5.74) is 1.06. The van der Waals surface area contributed by atoms with Gasteiger partial charge in [0, 0.05) is 38.1 Å². The third kappa shape index (κ3) is 8.04. The van der Waals surface area contributed by atoms with Gasteiger partial charge in [0.1, 0.15) is 6.54 Å². The molecule has 1 fully saturated rings. The van der Waals surface area contributed by atoms with Crippen LogP contribution in [-0.2, 0) is 16.1 Å². The molecule has 0 aliphatic carbocycles. The van der Waals surface area contributed by atoms with E-state index in [2.05, 4.69) is 20.9 Å². The van der Waals surface area contributed by atoms with E-state index in [1.54, 1.807) is 0 Å². The zero-order valence-corrected chi connectivity index (χ0v) is 19.2. The SMILES string of the molecule is CCNC(=NCC(=O)NCc1ccccc1)NC1CCN(C(=O)C(C)C)C1.I. The molecule has 0 radical (unpaired) electrons. The van der Waals surface area contributed by atoms with Crippen LogP contribution in [0.25, 0.3) is 0 Å². The number of nitrogens with zero attached hydrogens (tertiary/aromatic N) is 2. The molecule has 8 heteroatoms. The highest BCUT2D eigenvalue weighted by atomic mass is 127. The lowest BCUT2D eigenvalue weighted by molar-refractivity contribution is -0.133. The molecule has 1 saturated heterocycles. The second kappa shape index (κ2) is 12.6. The van der Waals surface area contributed by atoms with Gasteiger partial charge in [-0.1, -0.05) is 44.2 Å². The van der Waals surface area contributed by atoms with Gasteiger partial charge in [-0.25, -0.2) is 4.99 Å². The fourth-order valence-corrected chi connectivity index (χ4v) is 2.96. The number of hydrogen-bond donors (Lipinski definition) is 3. The molecule has 0 saturated carbocycles. The average molecular weight is 501 g/mol. The number of carbonyl (C=O) groups is 2. The quantitative estimate of drug-likeness (QED) is 0.302. The summed E-state index contributed by atoms with van der Waals surface area (Å²) < 4.78 is 0. The molecule has 1 aliphatic rings. The van der Waals surface area contributed by atoms with Crippen LogP contribution < -0.4 is 16.0 Å². The summed E-state index contributed by atoms with van der Waals surface area (Å²) >= 11 is 0. The number of carbonyl (C=O) groups excluding carboxylic acids is 2. The van der Waals surface area contributed by atoms with E-state index in [1.165, 1.54) is 0 Å². The van der Waals surface area contributed by atoms with Gasteiger partial charge in [0.2, 0.25) is 11.8 Å². The van der Waals surface area contributed by atoms with E-state index < -0.39 is 0 Å². The minimum absolute atomic E-state index is 0. The monoisotopic (exact) mass is 501 g/mol. The summed E-state index contributed by atoms with van der Waals surface area (Å²) in [5, 5.41) is 9.37. The van der Waals surface area contributed by atoms with Gasteiger partial charge in [-0.05, 0) is 18.9 Å². The number of halogens is 1. The number of likely N-dealkylation sites (tertiary alicyclic amines) is 1. The zero-order chi connectivity index (χ0) is 19.6. The van der Waals surface area contributed by atoms with Crippen LogP contribution in [0.3, 0.4) is 0 Å². The molecule has 0 spiro atoms. The smallest absolute Gasteiger partial charge is 0.242 e. The van der Waals surface area contributed by atoms with Crippen LogP contribution in [0.1, 0.15) is 32.8 Å². The summed E-state index contributed by atoms with van der Waals surface area (Å²) in [6, 6.07) is 9.93. The Balaban J connectivity index is 0.00000392. The van der Waals surface area contributed by atoms with Crippen LogP contribution in [-0.4, -0.2) is 54.9 Å². The minimum Gasteiger partial charge on any atom is -0.357 e. The Morgan fingerprint density at radius 1 is 1.21 bits per heavy atom. The summed E-state index contributed by atoms with van der Waals surface area (Å²) in [4.78, 5) is 30.4. The first-order chi connectivity index (χ1) is 13.0. The van der Waals surface area contributed by atoms with Crippen molar-refractivity contribution < 1.29 is 9.59 Å². The van der Waals surface area contributed by atoms with Crippen LogP contribution in [0.2, 0.25) is 0 Å². The van der Waals surface area contributed by atoms with E-state index in [9.17, 15) is 9.59 Å². The van der Waals surface area contributed by atoms with Gasteiger partial charge < -0.3 is 20.9 Å². The van der Waals surface area contributed by atoms with Crippen molar-refractivity contribution in [3.05, 3.63) is 35.9 Å². The van der Waals surface area contributed by atoms with E-state index in [-0.39, 0.29) is 54.3 Å². The predicted molar refractivity (Wildman–Crippen MR) is 123 cm³/mol. The highest BCUT2D eigenvalue weighted by Crippen LogP contribution is 2.12. The first kappa shape index (κ1) is 24.2. The lowest BCUT2D eigenvalue weighted by Crippen LogP contribution is -2.45. The number of aliphatic imine (C=N–C) groups is 1. The summed E-state index contributed by atoms with van der Waals surface area (Å²) in [6.07, 6.45) is 0.878.